The fourth-order valence-corrected chi connectivity index (χ4v) is 1.33. The van der Waals surface area contributed by atoms with E-state index >= 15 is 0 Å². The van der Waals surface area contributed by atoms with Gasteiger partial charge in [-0.2, -0.15) is 0 Å². The third-order valence-corrected chi connectivity index (χ3v) is 2.22. The summed E-state index contributed by atoms with van der Waals surface area (Å²) >= 11 is 0. The van der Waals surface area contributed by atoms with E-state index in [1.807, 2.05) is 30.3 Å². The first kappa shape index (κ1) is 11.2. The van der Waals surface area contributed by atoms with E-state index in [-0.39, 0.29) is 0 Å². The lowest BCUT2D eigenvalue weighted by Gasteiger charge is -2.20. The summed E-state index contributed by atoms with van der Waals surface area (Å²) in [7, 11) is 0. The van der Waals surface area contributed by atoms with Crippen molar-refractivity contribution >= 4 is 0 Å². The summed E-state index contributed by atoms with van der Waals surface area (Å²) in [5, 5.41) is 19.1. The minimum Gasteiger partial charge on any atom is -0.390 e. The molecule has 3 nitrogen and oxygen atoms in total. The van der Waals surface area contributed by atoms with Crippen molar-refractivity contribution < 1.29 is 10.2 Å². The second-order valence-corrected chi connectivity index (χ2v) is 3.61. The highest BCUT2D eigenvalue weighted by atomic mass is 16.3. The molecule has 2 unspecified atom stereocenters. The van der Waals surface area contributed by atoms with E-state index in [4.69, 9.17) is 5.73 Å². The topological polar surface area (TPSA) is 66.5 Å². The maximum atomic E-state index is 9.61. The van der Waals surface area contributed by atoms with Crippen molar-refractivity contribution in [3.8, 4) is 0 Å². The van der Waals surface area contributed by atoms with Crippen LogP contribution >= 0.6 is 0 Å². The summed E-state index contributed by atoms with van der Waals surface area (Å²) in [5.74, 6) is 0. The second kappa shape index (κ2) is 5.10. The van der Waals surface area contributed by atoms with E-state index < -0.39 is 18.2 Å². The Kier molecular flexibility index (Phi) is 4.07. The molecule has 0 aromatic heterocycles. The molecular weight excluding hydrogens is 178 g/mol. The van der Waals surface area contributed by atoms with Gasteiger partial charge in [0.15, 0.2) is 0 Å². The van der Waals surface area contributed by atoms with Crippen LogP contribution in [0.3, 0.4) is 0 Å². The predicted octanol–water partition coefficient (Wildman–Crippen LogP) is 0.298. The fourth-order valence-electron chi connectivity index (χ4n) is 1.33. The van der Waals surface area contributed by atoms with Crippen molar-refractivity contribution in [3.63, 3.8) is 0 Å². The minimum atomic E-state index is -0.866. The summed E-state index contributed by atoms with van der Waals surface area (Å²) < 4.78 is 0. The zero-order valence-electron chi connectivity index (χ0n) is 8.30. The number of aliphatic hydroxyl groups is 2. The Morgan fingerprint density at radius 1 is 1.21 bits per heavy atom. The normalized spacial score (nSPS) is 17.4. The maximum Gasteiger partial charge on any atom is 0.0950 e. The van der Waals surface area contributed by atoms with Crippen LogP contribution in [-0.2, 0) is 6.42 Å². The molecule has 1 aromatic rings. The highest BCUT2D eigenvalue weighted by Gasteiger charge is 2.19. The Bertz CT molecular complexity index is 261. The van der Waals surface area contributed by atoms with Gasteiger partial charge in [0, 0.05) is 12.5 Å². The predicted molar refractivity (Wildman–Crippen MR) is 55.8 cm³/mol. The van der Waals surface area contributed by atoms with Gasteiger partial charge < -0.3 is 15.9 Å². The van der Waals surface area contributed by atoms with Crippen molar-refractivity contribution in [2.24, 2.45) is 5.73 Å². The first-order valence-corrected chi connectivity index (χ1v) is 4.77. The van der Waals surface area contributed by atoms with E-state index in [2.05, 4.69) is 0 Å². The number of aliphatic hydroxyl groups excluding tert-OH is 2. The fraction of sp³-hybridized carbons (Fsp3) is 0.455. The van der Waals surface area contributed by atoms with Crippen LogP contribution in [0, 0.1) is 0 Å². The van der Waals surface area contributed by atoms with E-state index in [0.29, 0.717) is 6.42 Å². The Balaban J connectivity index is 2.53. The molecule has 0 amide bonds. The van der Waals surface area contributed by atoms with Gasteiger partial charge >= 0.3 is 0 Å². The Morgan fingerprint density at radius 2 is 1.79 bits per heavy atom. The van der Waals surface area contributed by atoms with Crippen LogP contribution in [0.1, 0.15) is 12.5 Å². The summed E-state index contributed by atoms with van der Waals surface area (Å²) in [4.78, 5) is 0. The molecule has 0 heterocycles. The largest absolute Gasteiger partial charge is 0.390 e. The standard InChI is InChI=1S/C11H17NO2/c1-8(12)11(14)10(13)7-9-5-3-2-4-6-9/h2-6,8,10-11,13-14H,7,12H2,1H3/t8-,10?,11?/m0/s1. The number of benzene rings is 1. The second-order valence-electron chi connectivity index (χ2n) is 3.61. The van der Waals surface area contributed by atoms with Crippen LogP contribution in [0.4, 0.5) is 0 Å². The van der Waals surface area contributed by atoms with Crippen molar-refractivity contribution in [1.82, 2.24) is 0 Å². The van der Waals surface area contributed by atoms with E-state index in [1.165, 1.54) is 0 Å². The van der Waals surface area contributed by atoms with Crippen LogP contribution in [0.5, 0.6) is 0 Å². The molecule has 0 bridgehead atoms. The number of nitrogens with two attached hydrogens (primary N) is 1. The molecule has 0 aliphatic heterocycles. The van der Waals surface area contributed by atoms with Crippen LogP contribution < -0.4 is 5.73 Å². The number of rotatable bonds is 4. The van der Waals surface area contributed by atoms with Crippen LogP contribution in [0.2, 0.25) is 0 Å². The van der Waals surface area contributed by atoms with Crippen molar-refractivity contribution in [2.45, 2.75) is 31.6 Å². The van der Waals surface area contributed by atoms with E-state index in [0.717, 1.165) is 5.56 Å². The molecule has 1 aromatic carbocycles. The summed E-state index contributed by atoms with van der Waals surface area (Å²) in [6, 6.07) is 9.14. The van der Waals surface area contributed by atoms with Gasteiger partial charge in [0.05, 0.1) is 12.2 Å². The first-order chi connectivity index (χ1) is 6.61. The Labute approximate surface area is 84.2 Å². The quantitative estimate of drug-likeness (QED) is 0.647. The van der Waals surface area contributed by atoms with Gasteiger partial charge in [-0.05, 0) is 12.5 Å². The van der Waals surface area contributed by atoms with Crippen molar-refractivity contribution in [2.75, 3.05) is 0 Å². The van der Waals surface area contributed by atoms with Crippen molar-refractivity contribution in [1.29, 1.82) is 0 Å². The molecular formula is C11H17NO2. The molecule has 0 spiro atoms. The molecule has 0 aliphatic rings. The van der Waals surface area contributed by atoms with Gasteiger partial charge in [-0.15, -0.1) is 0 Å². The molecule has 0 saturated carbocycles. The van der Waals surface area contributed by atoms with E-state index in [1.54, 1.807) is 6.92 Å². The molecule has 0 fully saturated rings. The lowest BCUT2D eigenvalue weighted by atomic mass is 10.0. The zero-order chi connectivity index (χ0) is 10.6. The monoisotopic (exact) mass is 195 g/mol. The van der Waals surface area contributed by atoms with Gasteiger partial charge in [-0.25, -0.2) is 0 Å². The smallest absolute Gasteiger partial charge is 0.0950 e. The Hall–Kier alpha value is -0.900. The SMILES string of the molecule is C[C@H](N)C(O)C(O)Cc1ccccc1. The molecule has 0 aliphatic carbocycles. The lowest BCUT2D eigenvalue weighted by molar-refractivity contribution is 0.00814. The molecule has 1 rings (SSSR count). The average Bonchev–Trinajstić information content (AvgIpc) is 2.18. The number of hydrogen-bond donors (Lipinski definition) is 3. The van der Waals surface area contributed by atoms with Crippen LogP contribution in [-0.4, -0.2) is 28.5 Å². The lowest BCUT2D eigenvalue weighted by Crippen LogP contribution is -2.41. The highest BCUT2D eigenvalue weighted by molar-refractivity contribution is 5.15. The highest BCUT2D eigenvalue weighted by Crippen LogP contribution is 2.07. The molecule has 0 saturated heterocycles. The molecule has 3 heteroatoms. The molecule has 0 radical (unpaired) electrons. The molecule has 3 atom stereocenters. The summed E-state index contributed by atoms with van der Waals surface area (Å²) in [5.41, 5.74) is 6.48. The third kappa shape index (κ3) is 3.10. The molecule has 14 heavy (non-hydrogen) atoms. The van der Waals surface area contributed by atoms with Gasteiger partial charge in [-0.3, -0.25) is 0 Å². The van der Waals surface area contributed by atoms with E-state index in [9.17, 15) is 10.2 Å². The molecule has 78 valence electrons. The number of hydrogen-bond acceptors (Lipinski definition) is 3. The summed E-state index contributed by atoms with van der Waals surface area (Å²) in [6.07, 6.45) is -1.23. The van der Waals surface area contributed by atoms with Crippen LogP contribution in [0.15, 0.2) is 30.3 Å². The van der Waals surface area contributed by atoms with Gasteiger partial charge in [-0.1, -0.05) is 30.3 Å². The average molecular weight is 195 g/mol. The van der Waals surface area contributed by atoms with Crippen LogP contribution in [0.25, 0.3) is 0 Å². The third-order valence-electron chi connectivity index (χ3n) is 2.22. The van der Waals surface area contributed by atoms with Crippen molar-refractivity contribution in [3.05, 3.63) is 35.9 Å². The summed E-state index contributed by atoms with van der Waals surface area (Å²) in [6.45, 7) is 1.68. The maximum absolute atomic E-state index is 9.61. The Morgan fingerprint density at radius 3 is 2.29 bits per heavy atom. The van der Waals surface area contributed by atoms with Gasteiger partial charge in [0.1, 0.15) is 0 Å². The minimum absolute atomic E-state index is 0.409. The molecule has 4 N–H and O–H groups in total. The zero-order valence-corrected chi connectivity index (χ0v) is 8.30. The van der Waals surface area contributed by atoms with Gasteiger partial charge in [0.2, 0.25) is 0 Å². The first-order valence-electron chi connectivity index (χ1n) is 4.77. The van der Waals surface area contributed by atoms with Gasteiger partial charge in [0.25, 0.3) is 0 Å².